The van der Waals surface area contributed by atoms with Gasteiger partial charge in [-0.05, 0) is 12.1 Å². The van der Waals surface area contributed by atoms with Crippen LogP contribution in [-0.2, 0) is 0 Å². The lowest BCUT2D eigenvalue weighted by atomic mass is 10.2. The normalized spacial score (nSPS) is 10.8. The number of hydrogen-bond donors (Lipinski definition) is 1. The van der Waals surface area contributed by atoms with Crippen molar-refractivity contribution in [2.24, 2.45) is 10.7 Å². The minimum absolute atomic E-state index is 0.241. The van der Waals surface area contributed by atoms with Crippen molar-refractivity contribution in [3.05, 3.63) is 34.3 Å². The molecule has 0 aliphatic rings. The van der Waals surface area contributed by atoms with Crippen LogP contribution in [0.3, 0.4) is 0 Å². The maximum atomic E-state index is 8.23. The number of rotatable bonds is 1. The van der Waals surface area contributed by atoms with Crippen molar-refractivity contribution in [3.63, 3.8) is 0 Å². The second-order valence-corrected chi connectivity index (χ2v) is 3.02. The molecule has 0 saturated carbocycles. The molecule has 12 heavy (non-hydrogen) atoms. The molecule has 0 aromatic heterocycles. The molecule has 0 bridgehead atoms. The number of benzene rings is 1. The highest BCUT2D eigenvalue weighted by Gasteiger charge is 1.96. The van der Waals surface area contributed by atoms with Crippen molar-refractivity contribution in [2.45, 2.75) is 0 Å². The molecule has 1 aromatic rings. The molecule has 0 heterocycles. The Morgan fingerprint density at radius 1 is 1.42 bits per heavy atom. The molecule has 0 spiro atoms. The maximum Gasteiger partial charge on any atom is 0.207 e. The van der Waals surface area contributed by atoms with Gasteiger partial charge in [0.05, 0.1) is 0 Å². The molecule has 2 N–H and O–H groups in total. The molecule has 0 atom stereocenters. The Kier molecular flexibility index (Phi) is 2.83. The first-order valence-electron chi connectivity index (χ1n) is 3.22. The van der Waals surface area contributed by atoms with Gasteiger partial charge in [0.2, 0.25) is 6.19 Å². The standard InChI is InChI=1S/C8H6BrN3/c9-7-3-1-6(2-4-7)8(11)12-5-10/h1-4H,(H2,11,12). The predicted octanol–water partition coefficient (Wildman–Crippen LogP) is 1.64. The Labute approximate surface area is 78.7 Å². The maximum absolute atomic E-state index is 8.23. The smallest absolute Gasteiger partial charge is 0.207 e. The highest BCUT2D eigenvalue weighted by atomic mass is 79.9. The molecular formula is C8H6BrN3. The van der Waals surface area contributed by atoms with Gasteiger partial charge in [0.1, 0.15) is 5.84 Å². The van der Waals surface area contributed by atoms with Crippen LogP contribution < -0.4 is 5.73 Å². The average Bonchev–Trinajstić information content (AvgIpc) is 2.06. The molecule has 0 fully saturated rings. The van der Waals surface area contributed by atoms with Gasteiger partial charge in [-0.2, -0.15) is 10.3 Å². The number of nitriles is 1. The highest BCUT2D eigenvalue weighted by Crippen LogP contribution is 2.09. The third-order valence-corrected chi connectivity index (χ3v) is 1.84. The highest BCUT2D eigenvalue weighted by molar-refractivity contribution is 9.10. The number of nitrogens with zero attached hydrogens (tertiary/aromatic N) is 2. The zero-order chi connectivity index (χ0) is 8.97. The van der Waals surface area contributed by atoms with Crippen LogP contribution in [0.2, 0.25) is 0 Å². The monoisotopic (exact) mass is 223 g/mol. The van der Waals surface area contributed by atoms with Crippen molar-refractivity contribution in [2.75, 3.05) is 0 Å². The Morgan fingerprint density at radius 3 is 2.50 bits per heavy atom. The molecule has 3 nitrogen and oxygen atoms in total. The zero-order valence-corrected chi connectivity index (χ0v) is 7.75. The average molecular weight is 224 g/mol. The fraction of sp³-hybridized carbons (Fsp3) is 0. The van der Waals surface area contributed by atoms with Crippen LogP contribution in [0, 0.1) is 11.5 Å². The lowest BCUT2D eigenvalue weighted by Crippen LogP contribution is -2.12. The van der Waals surface area contributed by atoms with Gasteiger partial charge >= 0.3 is 0 Å². The van der Waals surface area contributed by atoms with Crippen LogP contribution >= 0.6 is 15.9 Å². The molecule has 1 aromatic carbocycles. The number of nitrogens with two attached hydrogens (primary N) is 1. The Hall–Kier alpha value is -1.34. The van der Waals surface area contributed by atoms with Crippen LogP contribution in [0.1, 0.15) is 5.56 Å². The summed E-state index contributed by atoms with van der Waals surface area (Å²) < 4.78 is 0.969. The van der Waals surface area contributed by atoms with E-state index in [-0.39, 0.29) is 5.84 Å². The number of halogens is 1. The Bertz CT molecular complexity index is 334. The molecule has 60 valence electrons. The van der Waals surface area contributed by atoms with E-state index in [1.807, 2.05) is 12.1 Å². The molecule has 0 aliphatic heterocycles. The molecule has 4 heteroatoms. The van der Waals surface area contributed by atoms with E-state index in [9.17, 15) is 0 Å². The molecule has 0 unspecified atom stereocenters. The zero-order valence-electron chi connectivity index (χ0n) is 6.16. The van der Waals surface area contributed by atoms with Crippen LogP contribution in [0.25, 0.3) is 0 Å². The van der Waals surface area contributed by atoms with E-state index < -0.39 is 0 Å². The van der Waals surface area contributed by atoms with Crippen molar-refractivity contribution >= 4 is 21.8 Å². The van der Waals surface area contributed by atoms with E-state index in [0.717, 1.165) is 10.0 Å². The summed E-state index contributed by atoms with van der Waals surface area (Å²) in [6, 6.07) is 7.27. The fourth-order valence-corrected chi connectivity index (χ4v) is 1.00. The van der Waals surface area contributed by atoms with Gasteiger partial charge in [-0.1, -0.05) is 28.1 Å². The van der Waals surface area contributed by atoms with Gasteiger partial charge in [-0.25, -0.2) is 0 Å². The van der Waals surface area contributed by atoms with Gasteiger partial charge in [0.25, 0.3) is 0 Å². The summed E-state index contributed by atoms with van der Waals surface area (Å²) >= 11 is 3.29. The minimum atomic E-state index is 0.241. The Balaban J connectivity index is 2.99. The lowest BCUT2D eigenvalue weighted by molar-refractivity contribution is 1.41. The number of aliphatic imine (C=N–C) groups is 1. The number of hydrogen-bond acceptors (Lipinski definition) is 2. The first-order chi connectivity index (χ1) is 5.74. The van der Waals surface area contributed by atoms with Crippen molar-refractivity contribution < 1.29 is 0 Å². The quantitative estimate of drug-likeness (QED) is 0.447. The van der Waals surface area contributed by atoms with E-state index in [0.29, 0.717) is 0 Å². The summed E-state index contributed by atoms with van der Waals surface area (Å²) in [5.74, 6) is 0.241. The third-order valence-electron chi connectivity index (χ3n) is 1.31. The number of amidine groups is 1. The summed E-state index contributed by atoms with van der Waals surface area (Å²) in [6.45, 7) is 0. The Morgan fingerprint density at radius 2 is 2.00 bits per heavy atom. The summed E-state index contributed by atoms with van der Waals surface area (Å²) in [6.07, 6.45) is 1.63. The first-order valence-corrected chi connectivity index (χ1v) is 4.01. The SMILES string of the molecule is N#CN=C(N)c1ccc(Br)cc1. The van der Waals surface area contributed by atoms with Gasteiger partial charge in [0.15, 0.2) is 0 Å². The van der Waals surface area contributed by atoms with E-state index in [1.165, 1.54) is 0 Å². The minimum Gasteiger partial charge on any atom is -0.383 e. The van der Waals surface area contributed by atoms with Crippen molar-refractivity contribution in [1.82, 2.24) is 0 Å². The van der Waals surface area contributed by atoms with Crippen LogP contribution in [0.15, 0.2) is 33.7 Å². The summed E-state index contributed by atoms with van der Waals surface area (Å²) in [5.41, 5.74) is 6.22. The molecule has 1 rings (SSSR count). The largest absolute Gasteiger partial charge is 0.383 e. The van der Waals surface area contributed by atoms with E-state index in [2.05, 4.69) is 20.9 Å². The summed E-state index contributed by atoms with van der Waals surface area (Å²) in [5, 5.41) is 8.23. The molecule has 0 amide bonds. The lowest BCUT2D eigenvalue weighted by Gasteiger charge is -1.96. The summed E-state index contributed by atoms with van der Waals surface area (Å²) in [4.78, 5) is 3.41. The third kappa shape index (κ3) is 2.07. The molecule has 0 aliphatic carbocycles. The predicted molar refractivity (Wildman–Crippen MR) is 50.5 cm³/mol. The van der Waals surface area contributed by atoms with Gasteiger partial charge in [-0.15, -0.1) is 0 Å². The van der Waals surface area contributed by atoms with Crippen LogP contribution in [0.4, 0.5) is 0 Å². The topological polar surface area (TPSA) is 62.2 Å². The second kappa shape index (κ2) is 3.88. The van der Waals surface area contributed by atoms with Gasteiger partial charge in [-0.3, -0.25) is 0 Å². The van der Waals surface area contributed by atoms with Crippen molar-refractivity contribution in [3.8, 4) is 6.19 Å². The van der Waals surface area contributed by atoms with Crippen molar-refractivity contribution in [1.29, 1.82) is 5.26 Å². The molecule has 0 radical (unpaired) electrons. The summed E-state index contributed by atoms with van der Waals surface area (Å²) in [7, 11) is 0. The second-order valence-electron chi connectivity index (χ2n) is 2.10. The van der Waals surface area contributed by atoms with Gasteiger partial charge in [0, 0.05) is 10.0 Å². The van der Waals surface area contributed by atoms with Gasteiger partial charge < -0.3 is 5.73 Å². The fourth-order valence-electron chi connectivity index (χ4n) is 0.739. The van der Waals surface area contributed by atoms with E-state index in [4.69, 9.17) is 11.0 Å². The van der Waals surface area contributed by atoms with Crippen LogP contribution in [-0.4, -0.2) is 5.84 Å². The van der Waals surface area contributed by atoms with Crippen LogP contribution in [0.5, 0.6) is 0 Å². The first kappa shape index (κ1) is 8.75. The molecule has 0 saturated heterocycles. The van der Waals surface area contributed by atoms with E-state index in [1.54, 1.807) is 18.3 Å². The molecular weight excluding hydrogens is 218 g/mol. The van der Waals surface area contributed by atoms with E-state index >= 15 is 0 Å².